The highest BCUT2D eigenvalue weighted by molar-refractivity contribution is 5.78. The molecule has 5 heteroatoms. The Balaban J connectivity index is 1.80. The first kappa shape index (κ1) is 18.8. The van der Waals surface area contributed by atoms with Crippen molar-refractivity contribution in [1.82, 2.24) is 14.9 Å². The zero-order valence-corrected chi connectivity index (χ0v) is 16.2. The Morgan fingerprint density at radius 3 is 2.48 bits per heavy atom. The maximum absolute atomic E-state index is 12.6. The number of benzene rings is 2. The van der Waals surface area contributed by atoms with E-state index in [0.717, 1.165) is 27.7 Å². The van der Waals surface area contributed by atoms with Gasteiger partial charge < -0.3 is 9.88 Å². The van der Waals surface area contributed by atoms with Crippen molar-refractivity contribution < 1.29 is 4.79 Å². The monoisotopic (exact) mass is 363 g/mol. The molecule has 0 aliphatic carbocycles. The third kappa shape index (κ3) is 4.08. The number of carbonyl (C=O) groups excluding carboxylic acids is 1. The number of hydrogen-bond donors (Lipinski definition) is 1. The van der Waals surface area contributed by atoms with Crippen molar-refractivity contribution in [3.63, 3.8) is 0 Å². The van der Waals surface area contributed by atoms with E-state index in [9.17, 15) is 9.59 Å². The van der Waals surface area contributed by atoms with Gasteiger partial charge in [-0.15, -0.1) is 0 Å². The van der Waals surface area contributed by atoms with Crippen LogP contribution in [0.4, 0.5) is 0 Å². The summed E-state index contributed by atoms with van der Waals surface area (Å²) in [7, 11) is 0. The zero-order valence-electron chi connectivity index (χ0n) is 16.2. The molecule has 2 aromatic carbocycles. The van der Waals surface area contributed by atoms with Gasteiger partial charge in [-0.3, -0.25) is 9.59 Å². The van der Waals surface area contributed by atoms with E-state index in [1.54, 1.807) is 11.5 Å². The predicted octanol–water partition coefficient (Wildman–Crippen LogP) is 3.59. The van der Waals surface area contributed by atoms with Gasteiger partial charge in [0, 0.05) is 13.0 Å². The molecule has 0 radical (unpaired) electrons. The van der Waals surface area contributed by atoms with Crippen LogP contribution < -0.4 is 10.9 Å². The predicted molar refractivity (Wildman–Crippen MR) is 108 cm³/mol. The van der Waals surface area contributed by atoms with Gasteiger partial charge in [0.05, 0.1) is 17.1 Å². The third-order valence-corrected chi connectivity index (χ3v) is 4.96. The highest BCUT2D eigenvalue weighted by Gasteiger charge is 2.13. The van der Waals surface area contributed by atoms with Crippen LogP contribution in [0.1, 0.15) is 41.8 Å². The summed E-state index contributed by atoms with van der Waals surface area (Å²) in [6, 6.07) is 13.7. The molecule has 0 bridgehead atoms. The summed E-state index contributed by atoms with van der Waals surface area (Å²) in [6.45, 7) is 8.04. The second-order valence-electron chi connectivity index (χ2n) is 7.03. The van der Waals surface area contributed by atoms with Gasteiger partial charge in [-0.1, -0.05) is 30.3 Å². The van der Waals surface area contributed by atoms with Crippen LogP contribution in [-0.4, -0.2) is 15.5 Å². The number of aromatic nitrogens is 2. The Morgan fingerprint density at radius 1 is 1.11 bits per heavy atom. The van der Waals surface area contributed by atoms with Crippen molar-refractivity contribution in [2.45, 2.75) is 46.7 Å². The smallest absolute Gasteiger partial charge is 0.272 e. The summed E-state index contributed by atoms with van der Waals surface area (Å²) in [5.41, 5.74) is 5.15. The maximum Gasteiger partial charge on any atom is 0.272 e. The molecule has 0 fully saturated rings. The van der Waals surface area contributed by atoms with Crippen LogP contribution in [-0.2, 0) is 11.3 Å². The second-order valence-corrected chi connectivity index (χ2v) is 7.03. The highest BCUT2D eigenvalue weighted by atomic mass is 16.2. The number of aryl methyl sites for hydroxylation is 4. The normalized spacial score (nSPS) is 12.1. The van der Waals surface area contributed by atoms with Crippen LogP contribution in [0, 0.1) is 20.8 Å². The van der Waals surface area contributed by atoms with E-state index in [0.29, 0.717) is 12.2 Å². The van der Waals surface area contributed by atoms with E-state index in [2.05, 4.69) is 10.3 Å². The van der Waals surface area contributed by atoms with Gasteiger partial charge in [-0.2, -0.15) is 0 Å². The fourth-order valence-electron chi connectivity index (χ4n) is 3.20. The van der Waals surface area contributed by atoms with Crippen molar-refractivity contribution in [3.05, 3.63) is 75.2 Å². The Morgan fingerprint density at radius 2 is 1.78 bits per heavy atom. The summed E-state index contributed by atoms with van der Waals surface area (Å²) >= 11 is 0. The average Bonchev–Trinajstić information content (AvgIpc) is 2.65. The van der Waals surface area contributed by atoms with E-state index in [4.69, 9.17) is 0 Å². The van der Waals surface area contributed by atoms with E-state index in [1.807, 2.05) is 63.2 Å². The molecule has 1 heterocycles. The molecule has 0 saturated carbocycles. The highest BCUT2D eigenvalue weighted by Crippen LogP contribution is 2.17. The summed E-state index contributed by atoms with van der Waals surface area (Å²) < 4.78 is 1.66. The molecular weight excluding hydrogens is 338 g/mol. The number of hydrogen-bond acceptors (Lipinski definition) is 3. The van der Waals surface area contributed by atoms with E-state index in [-0.39, 0.29) is 23.9 Å². The molecule has 0 unspecified atom stereocenters. The lowest BCUT2D eigenvalue weighted by molar-refractivity contribution is -0.121. The lowest BCUT2D eigenvalue weighted by atomic mass is 10.1. The zero-order chi connectivity index (χ0) is 19.6. The van der Waals surface area contributed by atoms with Gasteiger partial charge in [0.25, 0.3) is 5.56 Å². The molecule has 1 amide bonds. The summed E-state index contributed by atoms with van der Waals surface area (Å²) in [6.07, 6.45) is 0.239. The summed E-state index contributed by atoms with van der Waals surface area (Å²) in [4.78, 5) is 29.4. The van der Waals surface area contributed by atoms with Crippen LogP contribution in [0.2, 0.25) is 0 Å². The van der Waals surface area contributed by atoms with E-state index >= 15 is 0 Å². The van der Waals surface area contributed by atoms with E-state index < -0.39 is 0 Å². The molecule has 1 aromatic heterocycles. The first-order valence-electron chi connectivity index (χ1n) is 9.19. The quantitative estimate of drug-likeness (QED) is 0.753. The molecule has 3 rings (SSSR count). The standard InChI is InChI=1S/C22H25N3O2/c1-14-12-19-20(13-15(14)2)25(22(27)17(4)23-19)11-10-21(26)24-16(3)18-8-6-5-7-9-18/h5-9,12-13,16H,10-11H2,1-4H3,(H,24,26)/t16-/m0/s1. The van der Waals surface area contributed by atoms with Gasteiger partial charge in [0.2, 0.25) is 5.91 Å². The summed E-state index contributed by atoms with van der Waals surface area (Å²) in [5.74, 6) is -0.0790. The first-order valence-corrected chi connectivity index (χ1v) is 9.19. The van der Waals surface area contributed by atoms with Crippen molar-refractivity contribution in [3.8, 4) is 0 Å². The molecule has 0 aliphatic heterocycles. The van der Waals surface area contributed by atoms with Crippen molar-refractivity contribution >= 4 is 16.9 Å². The molecule has 3 aromatic rings. The fourth-order valence-corrected chi connectivity index (χ4v) is 3.20. The minimum atomic E-state index is -0.144. The Labute approximate surface area is 159 Å². The van der Waals surface area contributed by atoms with Crippen molar-refractivity contribution in [2.75, 3.05) is 0 Å². The molecule has 1 atom stereocenters. The first-order chi connectivity index (χ1) is 12.9. The largest absolute Gasteiger partial charge is 0.350 e. The molecule has 1 N–H and O–H groups in total. The number of nitrogens with one attached hydrogen (secondary N) is 1. The minimum Gasteiger partial charge on any atom is -0.350 e. The molecular formula is C22H25N3O2. The minimum absolute atomic E-state index is 0.0729. The van der Waals surface area contributed by atoms with Crippen LogP contribution >= 0.6 is 0 Å². The topological polar surface area (TPSA) is 64.0 Å². The Kier molecular flexibility index (Phi) is 5.40. The Hall–Kier alpha value is -2.95. The Bertz CT molecular complexity index is 1040. The maximum atomic E-state index is 12.6. The average molecular weight is 363 g/mol. The lowest BCUT2D eigenvalue weighted by Gasteiger charge is -2.16. The SMILES string of the molecule is Cc1cc2nc(C)c(=O)n(CCC(=O)N[C@@H](C)c3ccccc3)c2cc1C. The van der Waals surface area contributed by atoms with Gasteiger partial charge in [-0.25, -0.2) is 4.98 Å². The van der Waals surface area contributed by atoms with Crippen LogP contribution in [0.3, 0.4) is 0 Å². The van der Waals surface area contributed by atoms with Crippen LogP contribution in [0.15, 0.2) is 47.3 Å². The van der Waals surface area contributed by atoms with Crippen LogP contribution in [0.5, 0.6) is 0 Å². The molecule has 0 spiro atoms. The van der Waals surface area contributed by atoms with Crippen LogP contribution in [0.25, 0.3) is 11.0 Å². The fraction of sp³-hybridized carbons (Fsp3) is 0.318. The van der Waals surface area contributed by atoms with E-state index in [1.165, 1.54) is 0 Å². The molecule has 140 valence electrons. The summed E-state index contributed by atoms with van der Waals surface area (Å²) in [5, 5.41) is 3.00. The van der Waals surface area contributed by atoms with Gasteiger partial charge >= 0.3 is 0 Å². The molecule has 5 nitrogen and oxygen atoms in total. The number of fused-ring (bicyclic) bond motifs is 1. The number of amides is 1. The third-order valence-electron chi connectivity index (χ3n) is 4.96. The number of nitrogens with zero attached hydrogens (tertiary/aromatic N) is 2. The second kappa shape index (κ2) is 7.74. The van der Waals surface area contributed by atoms with Crippen molar-refractivity contribution in [1.29, 1.82) is 0 Å². The van der Waals surface area contributed by atoms with Gasteiger partial charge in [-0.05, 0) is 56.5 Å². The van der Waals surface area contributed by atoms with Gasteiger partial charge in [0.15, 0.2) is 0 Å². The van der Waals surface area contributed by atoms with Gasteiger partial charge in [0.1, 0.15) is 5.69 Å². The molecule has 0 aliphatic rings. The lowest BCUT2D eigenvalue weighted by Crippen LogP contribution is -2.30. The number of rotatable bonds is 5. The molecule has 0 saturated heterocycles. The van der Waals surface area contributed by atoms with Crippen molar-refractivity contribution in [2.24, 2.45) is 0 Å². The molecule has 27 heavy (non-hydrogen) atoms. The number of carbonyl (C=O) groups is 1.